The van der Waals surface area contributed by atoms with E-state index in [0.29, 0.717) is 10.6 Å². The van der Waals surface area contributed by atoms with Gasteiger partial charge in [-0.15, -0.1) is 0 Å². The number of Topliss-reactive ketones (excluding diaryl/α,β-unsaturated/α-hetero) is 1. The van der Waals surface area contributed by atoms with Crippen LogP contribution in [-0.2, 0) is 4.79 Å². The smallest absolute Gasteiger partial charge is 0.223 e. The number of amides is 1. The van der Waals surface area contributed by atoms with Crippen LogP contribution >= 0.6 is 11.6 Å². The molecule has 1 unspecified atom stereocenters. The van der Waals surface area contributed by atoms with Crippen LogP contribution in [0.2, 0.25) is 5.02 Å². The van der Waals surface area contributed by atoms with E-state index in [0.717, 1.165) is 5.56 Å². The van der Waals surface area contributed by atoms with Gasteiger partial charge in [0.05, 0.1) is 6.04 Å². The Labute approximate surface area is 141 Å². The van der Waals surface area contributed by atoms with Gasteiger partial charge in [-0.3, -0.25) is 9.59 Å². The number of ketones is 1. The molecule has 0 bridgehead atoms. The van der Waals surface area contributed by atoms with Gasteiger partial charge in [-0.2, -0.15) is 0 Å². The van der Waals surface area contributed by atoms with E-state index in [1.54, 1.807) is 24.1 Å². The molecule has 0 aliphatic carbocycles. The molecular formula is C19H20ClNO2. The first-order valence-corrected chi connectivity index (χ1v) is 7.96. The van der Waals surface area contributed by atoms with E-state index in [9.17, 15) is 9.59 Å². The lowest BCUT2D eigenvalue weighted by atomic mass is 10.0. The lowest BCUT2D eigenvalue weighted by Gasteiger charge is -2.25. The van der Waals surface area contributed by atoms with E-state index in [-0.39, 0.29) is 30.6 Å². The number of nitrogens with zero attached hydrogens (tertiary/aromatic N) is 1. The summed E-state index contributed by atoms with van der Waals surface area (Å²) in [6, 6.07) is 16.4. The zero-order chi connectivity index (χ0) is 16.8. The molecule has 0 aromatic heterocycles. The molecule has 2 aromatic rings. The van der Waals surface area contributed by atoms with E-state index < -0.39 is 0 Å². The van der Waals surface area contributed by atoms with Crippen molar-refractivity contribution < 1.29 is 9.59 Å². The summed E-state index contributed by atoms with van der Waals surface area (Å²) >= 11 is 5.88. The molecule has 120 valence electrons. The second kappa shape index (κ2) is 7.93. The minimum atomic E-state index is -0.0633. The summed E-state index contributed by atoms with van der Waals surface area (Å²) in [5.41, 5.74) is 1.66. The first-order valence-electron chi connectivity index (χ1n) is 7.58. The summed E-state index contributed by atoms with van der Waals surface area (Å²) in [6.07, 6.45) is 0.433. The van der Waals surface area contributed by atoms with Gasteiger partial charge in [0.2, 0.25) is 5.91 Å². The Kier molecular flexibility index (Phi) is 5.94. The highest BCUT2D eigenvalue weighted by atomic mass is 35.5. The predicted octanol–water partition coefficient (Wildman–Crippen LogP) is 4.52. The molecule has 23 heavy (non-hydrogen) atoms. The zero-order valence-electron chi connectivity index (χ0n) is 13.3. The lowest BCUT2D eigenvalue weighted by molar-refractivity contribution is -0.131. The summed E-state index contributed by atoms with van der Waals surface area (Å²) in [4.78, 5) is 26.0. The fourth-order valence-electron chi connectivity index (χ4n) is 2.35. The molecule has 0 radical (unpaired) electrons. The van der Waals surface area contributed by atoms with Crippen molar-refractivity contribution in [2.24, 2.45) is 0 Å². The standard InChI is InChI=1S/C19H20ClNO2/c1-14(15-8-10-17(20)11-9-15)21(2)19(23)13-12-18(22)16-6-4-3-5-7-16/h3-11,14H,12-13H2,1-2H3. The van der Waals surface area contributed by atoms with Crippen LogP contribution in [0.4, 0.5) is 0 Å². The van der Waals surface area contributed by atoms with Crippen LogP contribution < -0.4 is 0 Å². The van der Waals surface area contributed by atoms with Crippen molar-refractivity contribution in [3.63, 3.8) is 0 Å². The molecule has 4 heteroatoms. The number of benzene rings is 2. The van der Waals surface area contributed by atoms with Crippen LogP contribution in [-0.4, -0.2) is 23.6 Å². The van der Waals surface area contributed by atoms with Crippen LogP contribution in [0.15, 0.2) is 54.6 Å². The molecule has 2 rings (SSSR count). The van der Waals surface area contributed by atoms with Crippen LogP contribution in [0.25, 0.3) is 0 Å². The third kappa shape index (κ3) is 4.67. The van der Waals surface area contributed by atoms with Crippen molar-refractivity contribution in [1.29, 1.82) is 0 Å². The number of carbonyl (C=O) groups is 2. The SMILES string of the molecule is CC(c1ccc(Cl)cc1)N(C)C(=O)CCC(=O)c1ccccc1. The van der Waals surface area contributed by atoms with E-state index in [4.69, 9.17) is 11.6 Å². The topological polar surface area (TPSA) is 37.4 Å². The average Bonchev–Trinajstić information content (AvgIpc) is 2.59. The number of rotatable bonds is 6. The molecule has 0 saturated heterocycles. The summed E-state index contributed by atoms with van der Waals surface area (Å²) in [6.45, 7) is 1.96. The monoisotopic (exact) mass is 329 g/mol. The maximum atomic E-state index is 12.3. The zero-order valence-corrected chi connectivity index (χ0v) is 14.1. The van der Waals surface area contributed by atoms with Gasteiger partial charge in [0, 0.05) is 30.5 Å². The van der Waals surface area contributed by atoms with E-state index in [1.807, 2.05) is 49.4 Å². The molecule has 2 aromatic carbocycles. The van der Waals surface area contributed by atoms with Crippen molar-refractivity contribution in [3.8, 4) is 0 Å². The number of carbonyl (C=O) groups excluding carboxylic acids is 2. The van der Waals surface area contributed by atoms with Crippen LogP contribution in [0.1, 0.15) is 41.7 Å². The Morgan fingerprint density at radius 2 is 1.61 bits per heavy atom. The van der Waals surface area contributed by atoms with Gasteiger partial charge in [0.25, 0.3) is 0 Å². The number of hydrogen-bond acceptors (Lipinski definition) is 2. The largest absolute Gasteiger partial charge is 0.339 e. The van der Waals surface area contributed by atoms with E-state index >= 15 is 0 Å². The molecule has 0 saturated carbocycles. The van der Waals surface area contributed by atoms with Crippen molar-refractivity contribution in [2.75, 3.05) is 7.05 Å². The predicted molar refractivity (Wildman–Crippen MR) is 92.6 cm³/mol. The Hall–Kier alpha value is -2.13. The molecular weight excluding hydrogens is 310 g/mol. The highest BCUT2D eigenvalue weighted by molar-refractivity contribution is 6.30. The minimum absolute atomic E-state index is 0.00787. The van der Waals surface area contributed by atoms with Gasteiger partial charge >= 0.3 is 0 Å². The number of hydrogen-bond donors (Lipinski definition) is 0. The maximum Gasteiger partial charge on any atom is 0.223 e. The van der Waals surface area contributed by atoms with Crippen LogP contribution in [0.5, 0.6) is 0 Å². The fourth-order valence-corrected chi connectivity index (χ4v) is 2.47. The third-order valence-corrected chi connectivity index (χ3v) is 4.24. The van der Waals surface area contributed by atoms with Crippen molar-refractivity contribution in [3.05, 3.63) is 70.7 Å². The van der Waals surface area contributed by atoms with Crippen molar-refractivity contribution >= 4 is 23.3 Å². The second-order valence-electron chi connectivity index (χ2n) is 5.52. The molecule has 0 aliphatic heterocycles. The summed E-state index contributed by atoms with van der Waals surface area (Å²) in [7, 11) is 1.76. The Morgan fingerprint density at radius 1 is 1.00 bits per heavy atom. The Bertz CT molecular complexity index is 668. The van der Waals surface area contributed by atoms with Gasteiger partial charge in [0.1, 0.15) is 0 Å². The fraction of sp³-hybridized carbons (Fsp3) is 0.263. The summed E-state index contributed by atoms with van der Waals surface area (Å²) in [5, 5.41) is 0.670. The molecule has 1 amide bonds. The minimum Gasteiger partial charge on any atom is -0.339 e. The molecule has 1 atom stereocenters. The molecule has 3 nitrogen and oxygen atoms in total. The second-order valence-corrected chi connectivity index (χ2v) is 5.96. The van der Waals surface area contributed by atoms with Crippen molar-refractivity contribution in [1.82, 2.24) is 4.90 Å². The highest BCUT2D eigenvalue weighted by Gasteiger charge is 2.18. The summed E-state index contributed by atoms with van der Waals surface area (Å²) < 4.78 is 0. The Balaban J connectivity index is 1.92. The van der Waals surface area contributed by atoms with Gasteiger partial charge in [0.15, 0.2) is 5.78 Å². The van der Waals surface area contributed by atoms with E-state index in [1.165, 1.54) is 0 Å². The van der Waals surface area contributed by atoms with Gasteiger partial charge in [-0.25, -0.2) is 0 Å². The molecule has 0 spiro atoms. The molecule has 0 N–H and O–H groups in total. The first-order chi connectivity index (χ1) is 11.0. The van der Waals surface area contributed by atoms with Gasteiger partial charge in [-0.1, -0.05) is 54.1 Å². The normalized spacial score (nSPS) is 11.8. The van der Waals surface area contributed by atoms with Crippen LogP contribution in [0.3, 0.4) is 0 Å². The van der Waals surface area contributed by atoms with E-state index in [2.05, 4.69) is 0 Å². The molecule has 0 aliphatic rings. The lowest BCUT2D eigenvalue weighted by Crippen LogP contribution is -2.29. The quantitative estimate of drug-likeness (QED) is 0.730. The maximum absolute atomic E-state index is 12.3. The van der Waals surface area contributed by atoms with Gasteiger partial charge < -0.3 is 4.90 Å². The summed E-state index contributed by atoms with van der Waals surface area (Å²) in [5.74, 6) is -0.0526. The molecule has 0 fully saturated rings. The third-order valence-electron chi connectivity index (χ3n) is 3.99. The highest BCUT2D eigenvalue weighted by Crippen LogP contribution is 2.21. The first kappa shape index (κ1) is 17.2. The Morgan fingerprint density at radius 3 is 2.22 bits per heavy atom. The van der Waals surface area contributed by atoms with Gasteiger partial charge in [-0.05, 0) is 24.6 Å². The average molecular weight is 330 g/mol. The number of halogens is 1. The molecule has 0 heterocycles. The van der Waals surface area contributed by atoms with Crippen LogP contribution in [0, 0.1) is 0 Å². The van der Waals surface area contributed by atoms with Crippen molar-refractivity contribution in [2.45, 2.75) is 25.8 Å².